The van der Waals surface area contributed by atoms with Crippen molar-refractivity contribution in [1.82, 2.24) is 14.5 Å². The Morgan fingerprint density at radius 3 is 2.73 bits per heavy atom. The van der Waals surface area contributed by atoms with Crippen LogP contribution in [0.2, 0.25) is 0 Å². The minimum Gasteiger partial charge on any atom is -0.385 e. The first-order valence-corrected chi connectivity index (χ1v) is 11.1. The number of amides is 1. The average Bonchev–Trinajstić information content (AvgIpc) is 2.79. The number of fused-ring (bicyclic) bond motifs is 2. The molecule has 1 amide bonds. The van der Waals surface area contributed by atoms with Gasteiger partial charge in [0.05, 0.1) is 16.7 Å². The Hall–Kier alpha value is -2.64. The molecule has 0 bridgehead atoms. The third-order valence-corrected chi connectivity index (χ3v) is 6.33. The number of para-hydroxylation sites is 1. The van der Waals surface area contributed by atoms with Crippen LogP contribution in [0.5, 0.6) is 0 Å². The monoisotopic (exact) mass is 423 g/mol. The second kappa shape index (κ2) is 9.45. The van der Waals surface area contributed by atoms with Crippen LogP contribution < -0.4 is 5.56 Å². The summed E-state index contributed by atoms with van der Waals surface area (Å²) in [5.41, 5.74) is 3.12. The van der Waals surface area contributed by atoms with Crippen molar-refractivity contribution in [3.05, 3.63) is 70.0 Å². The number of carbonyl (C=O) groups excluding carboxylic acids is 1. The van der Waals surface area contributed by atoms with Crippen molar-refractivity contribution in [3.63, 3.8) is 0 Å². The molecule has 4 rings (SSSR count). The van der Waals surface area contributed by atoms with Gasteiger partial charge in [-0.3, -0.25) is 14.2 Å². The second-order valence-corrected chi connectivity index (χ2v) is 8.28. The summed E-state index contributed by atoms with van der Waals surface area (Å²) in [7, 11) is 1.65. The second-order valence-electron chi connectivity index (χ2n) is 7.34. The van der Waals surface area contributed by atoms with Gasteiger partial charge < -0.3 is 9.64 Å². The highest BCUT2D eigenvalue weighted by atomic mass is 32.2. The number of hydrogen-bond donors (Lipinski definition) is 0. The van der Waals surface area contributed by atoms with Crippen molar-refractivity contribution in [2.24, 2.45) is 0 Å². The molecule has 30 heavy (non-hydrogen) atoms. The van der Waals surface area contributed by atoms with E-state index in [1.807, 2.05) is 35.2 Å². The van der Waals surface area contributed by atoms with Gasteiger partial charge in [0, 0.05) is 33.4 Å². The van der Waals surface area contributed by atoms with E-state index in [-0.39, 0.29) is 17.2 Å². The molecule has 2 aromatic carbocycles. The quantitative estimate of drug-likeness (QED) is 0.332. The molecule has 1 aliphatic heterocycles. The minimum absolute atomic E-state index is 0.0698. The van der Waals surface area contributed by atoms with Gasteiger partial charge in [-0.15, -0.1) is 0 Å². The standard InChI is InChI=1S/C23H25N3O3S/c1-29-14-6-12-26-22(28)19-9-4-5-10-20(19)24-23(26)30-16-21(27)25-13-11-17-7-2-3-8-18(17)15-25/h2-5,7-10H,6,11-16H2,1H3. The van der Waals surface area contributed by atoms with E-state index in [9.17, 15) is 9.59 Å². The van der Waals surface area contributed by atoms with Crippen molar-refractivity contribution in [1.29, 1.82) is 0 Å². The highest BCUT2D eigenvalue weighted by Crippen LogP contribution is 2.22. The number of carbonyl (C=O) groups is 1. The maximum atomic E-state index is 13.0. The van der Waals surface area contributed by atoms with Gasteiger partial charge in [-0.25, -0.2) is 4.98 Å². The molecule has 156 valence electrons. The molecule has 0 fully saturated rings. The molecule has 0 radical (unpaired) electrons. The lowest BCUT2D eigenvalue weighted by Gasteiger charge is -2.28. The van der Waals surface area contributed by atoms with E-state index in [1.165, 1.54) is 22.9 Å². The fourth-order valence-electron chi connectivity index (χ4n) is 3.75. The van der Waals surface area contributed by atoms with Crippen molar-refractivity contribution < 1.29 is 9.53 Å². The molecule has 0 spiro atoms. The van der Waals surface area contributed by atoms with Crippen molar-refractivity contribution in [3.8, 4) is 0 Å². The maximum absolute atomic E-state index is 13.0. The molecule has 0 unspecified atom stereocenters. The fourth-order valence-corrected chi connectivity index (χ4v) is 4.68. The highest BCUT2D eigenvalue weighted by Gasteiger charge is 2.21. The first-order valence-electron chi connectivity index (χ1n) is 10.1. The Morgan fingerprint density at radius 1 is 1.13 bits per heavy atom. The zero-order valence-corrected chi connectivity index (χ0v) is 17.9. The predicted molar refractivity (Wildman–Crippen MR) is 119 cm³/mol. The van der Waals surface area contributed by atoms with E-state index in [2.05, 4.69) is 17.1 Å². The number of hydrogen-bond acceptors (Lipinski definition) is 5. The lowest BCUT2D eigenvalue weighted by atomic mass is 10.00. The number of ether oxygens (including phenoxy) is 1. The van der Waals surface area contributed by atoms with Crippen molar-refractivity contribution in [2.75, 3.05) is 26.0 Å². The van der Waals surface area contributed by atoms with Crippen LogP contribution in [0.25, 0.3) is 10.9 Å². The van der Waals surface area contributed by atoms with Crippen LogP contribution in [0.15, 0.2) is 58.5 Å². The zero-order chi connectivity index (χ0) is 20.9. The number of aromatic nitrogens is 2. The Morgan fingerprint density at radius 2 is 1.90 bits per heavy atom. The van der Waals surface area contributed by atoms with E-state index >= 15 is 0 Å². The van der Waals surface area contributed by atoms with Crippen LogP contribution in [0.4, 0.5) is 0 Å². The summed E-state index contributed by atoms with van der Waals surface area (Å²) in [5.74, 6) is 0.331. The first-order chi connectivity index (χ1) is 14.7. The van der Waals surface area contributed by atoms with Gasteiger partial charge in [-0.05, 0) is 36.1 Å². The third kappa shape index (κ3) is 4.42. The topological polar surface area (TPSA) is 64.4 Å². The molecular weight excluding hydrogens is 398 g/mol. The average molecular weight is 424 g/mol. The maximum Gasteiger partial charge on any atom is 0.262 e. The summed E-state index contributed by atoms with van der Waals surface area (Å²) in [5, 5.41) is 1.18. The van der Waals surface area contributed by atoms with E-state index in [0.29, 0.717) is 42.2 Å². The van der Waals surface area contributed by atoms with E-state index in [0.717, 1.165) is 13.0 Å². The molecular formula is C23H25N3O3S. The largest absolute Gasteiger partial charge is 0.385 e. The Balaban J connectivity index is 1.52. The van der Waals surface area contributed by atoms with Crippen LogP contribution in [0.3, 0.4) is 0 Å². The van der Waals surface area contributed by atoms with Crippen LogP contribution >= 0.6 is 11.8 Å². The molecule has 0 N–H and O–H groups in total. The minimum atomic E-state index is -0.0708. The van der Waals surface area contributed by atoms with Crippen LogP contribution in [0.1, 0.15) is 17.5 Å². The number of rotatable bonds is 7. The molecule has 3 aromatic rings. The molecule has 0 saturated heterocycles. The van der Waals surface area contributed by atoms with Gasteiger partial charge in [0.1, 0.15) is 0 Å². The zero-order valence-electron chi connectivity index (χ0n) is 17.0. The number of benzene rings is 2. The molecule has 0 saturated carbocycles. The van der Waals surface area contributed by atoms with Crippen molar-refractivity contribution in [2.45, 2.75) is 31.1 Å². The lowest BCUT2D eigenvalue weighted by molar-refractivity contribution is -0.129. The Labute approximate surface area is 179 Å². The van der Waals surface area contributed by atoms with Crippen LogP contribution in [-0.2, 0) is 29.0 Å². The first kappa shape index (κ1) is 20.6. The predicted octanol–water partition coefficient (Wildman–Crippen LogP) is 3.11. The molecule has 1 aliphatic rings. The summed E-state index contributed by atoms with van der Waals surface area (Å²) in [6.07, 6.45) is 1.59. The van der Waals surface area contributed by atoms with Gasteiger partial charge in [0.15, 0.2) is 5.16 Å². The summed E-state index contributed by atoms with van der Waals surface area (Å²) in [6.45, 7) is 2.44. The van der Waals surface area contributed by atoms with E-state index in [4.69, 9.17) is 4.74 Å². The summed E-state index contributed by atoms with van der Waals surface area (Å²) < 4.78 is 6.81. The summed E-state index contributed by atoms with van der Waals surface area (Å²) >= 11 is 1.34. The molecule has 1 aromatic heterocycles. The normalized spacial score (nSPS) is 13.4. The number of thioether (sulfide) groups is 1. The van der Waals surface area contributed by atoms with E-state index < -0.39 is 0 Å². The SMILES string of the molecule is COCCCn1c(SCC(=O)N2CCc3ccccc3C2)nc2ccccc2c1=O. The van der Waals surface area contributed by atoms with Crippen LogP contribution in [-0.4, -0.2) is 46.4 Å². The van der Waals surface area contributed by atoms with Gasteiger partial charge in [0.2, 0.25) is 5.91 Å². The molecule has 7 heteroatoms. The molecule has 6 nitrogen and oxygen atoms in total. The Kier molecular flexibility index (Phi) is 6.50. The van der Waals surface area contributed by atoms with Crippen molar-refractivity contribution >= 4 is 28.6 Å². The Bertz CT molecular complexity index is 1110. The van der Waals surface area contributed by atoms with E-state index in [1.54, 1.807) is 17.7 Å². The summed E-state index contributed by atoms with van der Waals surface area (Å²) in [4.78, 5) is 32.4. The number of nitrogens with zero attached hydrogens (tertiary/aromatic N) is 3. The summed E-state index contributed by atoms with van der Waals surface area (Å²) in [6, 6.07) is 15.6. The van der Waals surface area contributed by atoms with Gasteiger partial charge in [-0.2, -0.15) is 0 Å². The molecule has 0 atom stereocenters. The van der Waals surface area contributed by atoms with Gasteiger partial charge >= 0.3 is 0 Å². The number of methoxy groups -OCH3 is 1. The van der Waals surface area contributed by atoms with Gasteiger partial charge in [0.25, 0.3) is 5.56 Å². The van der Waals surface area contributed by atoms with Gasteiger partial charge in [-0.1, -0.05) is 48.2 Å². The fraction of sp³-hybridized carbons (Fsp3) is 0.348. The third-order valence-electron chi connectivity index (χ3n) is 5.36. The highest BCUT2D eigenvalue weighted by molar-refractivity contribution is 7.99. The lowest BCUT2D eigenvalue weighted by Crippen LogP contribution is -2.37. The van der Waals surface area contributed by atoms with Crippen LogP contribution in [0, 0.1) is 0 Å². The molecule has 2 heterocycles. The smallest absolute Gasteiger partial charge is 0.262 e. The molecule has 0 aliphatic carbocycles.